The number of anilines is 2. The molecule has 0 aliphatic carbocycles. The summed E-state index contributed by atoms with van der Waals surface area (Å²) in [6.07, 6.45) is 3.16. The van der Waals surface area contributed by atoms with Gasteiger partial charge in [-0.15, -0.1) is 0 Å². The molecule has 2 heterocycles. The minimum atomic E-state index is -0.183. The highest BCUT2D eigenvalue weighted by atomic mass is 32.1. The number of hydrogen-bond donors (Lipinski definition) is 3. The van der Waals surface area contributed by atoms with E-state index in [-0.39, 0.29) is 5.91 Å². The van der Waals surface area contributed by atoms with E-state index < -0.39 is 0 Å². The molecule has 1 amide bonds. The molecule has 0 aliphatic rings. The Morgan fingerprint density at radius 1 is 1.56 bits per heavy atom. The number of carbonyl (C=O) groups is 1. The van der Waals surface area contributed by atoms with Crippen LogP contribution in [-0.2, 0) is 0 Å². The molecule has 2 aromatic heterocycles. The number of nitrogens with zero attached hydrogens (tertiary/aromatic N) is 2. The zero-order valence-corrected chi connectivity index (χ0v) is 9.68. The first-order valence-corrected chi connectivity index (χ1v) is 5.44. The Morgan fingerprint density at radius 2 is 2.38 bits per heavy atom. The summed E-state index contributed by atoms with van der Waals surface area (Å²) in [6.45, 7) is 1.81. The number of nitrogens with one attached hydrogen (secondary N) is 3. The third-order valence-corrected chi connectivity index (χ3v) is 3.03. The fourth-order valence-electron chi connectivity index (χ4n) is 1.32. The molecule has 0 aromatic carbocycles. The Labute approximate surface area is 96.2 Å². The summed E-state index contributed by atoms with van der Waals surface area (Å²) in [5, 5.41) is 12.8. The number of aryl methyl sites for hydroxylation is 1. The molecule has 7 heteroatoms. The first-order valence-electron chi connectivity index (χ1n) is 4.66. The summed E-state index contributed by atoms with van der Waals surface area (Å²) in [5.41, 5.74) is 1.93. The zero-order chi connectivity index (χ0) is 11.5. The van der Waals surface area contributed by atoms with E-state index >= 15 is 0 Å². The van der Waals surface area contributed by atoms with E-state index in [4.69, 9.17) is 0 Å². The third kappa shape index (κ3) is 1.89. The van der Waals surface area contributed by atoms with Crippen molar-refractivity contribution in [1.29, 1.82) is 0 Å². The van der Waals surface area contributed by atoms with Gasteiger partial charge in [0.15, 0.2) is 0 Å². The van der Waals surface area contributed by atoms with Crippen LogP contribution < -0.4 is 10.6 Å². The maximum absolute atomic E-state index is 11.9. The van der Waals surface area contributed by atoms with Crippen molar-refractivity contribution < 1.29 is 4.79 Å². The number of H-pyrrole nitrogens is 1. The number of aromatic amines is 1. The maximum atomic E-state index is 11.9. The van der Waals surface area contributed by atoms with Crippen LogP contribution in [0.1, 0.15) is 16.1 Å². The Morgan fingerprint density at radius 3 is 3.00 bits per heavy atom. The van der Waals surface area contributed by atoms with E-state index in [1.807, 2.05) is 6.92 Å². The topological polar surface area (TPSA) is 82.7 Å². The fourth-order valence-corrected chi connectivity index (χ4v) is 2.06. The second-order valence-corrected chi connectivity index (χ2v) is 3.94. The van der Waals surface area contributed by atoms with Crippen LogP contribution in [0, 0.1) is 6.92 Å². The van der Waals surface area contributed by atoms with Gasteiger partial charge in [-0.05, 0) is 18.5 Å². The quantitative estimate of drug-likeness (QED) is 0.755. The van der Waals surface area contributed by atoms with Crippen molar-refractivity contribution in [3.05, 3.63) is 23.7 Å². The van der Waals surface area contributed by atoms with Gasteiger partial charge in [-0.3, -0.25) is 9.89 Å². The van der Waals surface area contributed by atoms with Crippen LogP contribution in [0.25, 0.3) is 0 Å². The molecule has 0 atom stereocenters. The third-order valence-electron chi connectivity index (χ3n) is 2.07. The SMILES string of the molecule is CNc1snc(C)c1C(=O)Nc1cn[nH]c1. The molecule has 0 spiro atoms. The lowest BCUT2D eigenvalue weighted by Gasteiger charge is -2.03. The average molecular weight is 237 g/mol. The van der Waals surface area contributed by atoms with Crippen LogP contribution in [0.5, 0.6) is 0 Å². The van der Waals surface area contributed by atoms with Gasteiger partial charge in [-0.1, -0.05) is 0 Å². The summed E-state index contributed by atoms with van der Waals surface area (Å²) in [7, 11) is 1.77. The molecular formula is C9H11N5OS. The highest BCUT2D eigenvalue weighted by molar-refractivity contribution is 7.10. The molecule has 2 rings (SSSR count). The molecule has 3 N–H and O–H groups in total. The van der Waals surface area contributed by atoms with Gasteiger partial charge in [0.1, 0.15) is 5.00 Å². The van der Waals surface area contributed by atoms with Crippen molar-refractivity contribution in [2.45, 2.75) is 6.92 Å². The van der Waals surface area contributed by atoms with Gasteiger partial charge in [0, 0.05) is 13.2 Å². The van der Waals surface area contributed by atoms with Crippen molar-refractivity contribution >= 4 is 28.1 Å². The van der Waals surface area contributed by atoms with Gasteiger partial charge in [-0.2, -0.15) is 9.47 Å². The van der Waals surface area contributed by atoms with E-state index in [9.17, 15) is 4.79 Å². The van der Waals surface area contributed by atoms with Crippen molar-refractivity contribution in [3.63, 3.8) is 0 Å². The van der Waals surface area contributed by atoms with Crippen LogP contribution in [0.2, 0.25) is 0 Å². The van der Waals surface area contributed by atoms with Crippen molar-refractivity contribution in [2.24, 2.45) is 0 Å². The minimum Gasteiger partial charge on any atom is -0.378 e. The Kier molecular flexibility index (Phi) is 2.86. The number of amides is 1. The van der Waals surface area contributed by atoms with Crippen LogP contribution in [0.4, 0.5) is 10.7 Å². The predicted molar refractivity (Wildman–Crippen MR) is 62.9 cm³/mol. The average Bonchev–Trinajstić information content (AvgIpc) is 2.87. The number of hydrogen-bond acceptors (Lipinski definition) is 5. The molecule has 16 heavy (non-hydrogen) atoms. The monoisotopic (exact) mass is 237 g/mol. The normalized spacial score (nSPS) is 10.1. The van der Waals surface area contributed by atoms with Gasteiger partial charge in [0.2, 0.25) is 0 Å². The molecule has 0 radical (unpaired) electrons. The Hall–Kier alpha value is -1.89. The maximum Gasteiger partial charge on any atom is 0.260 e. The van der Waals surface area contributed by atoms with Crippen LogP contribution in [-0.4, -0.2) is 27.5 Å². The standard InChI is InChI=1S/C9H11N5OS/c1-5-7(9(10-2)16-14-5)8(15)13-6-3-11-12-4-6/h3-4,10H,1-2H3,(H,11,12)(H,13,15). The van der Waals surface area contributed by atoms with Crippen molar-refractivity contribution in [3.8, 4) is 0 Å². The van der Waals surface area contributed by atoms with Crippen LogP contribution in [0.15, 0.2) is 12.4 Å². The summed E-state index contributed by atoms with van der Waals surface area (Å²) < 4.78 is 4.13. The van der Waals surface area contributed by atoms with E-state index in [1.54, 1.807) is 19.4 Å². The number of carbonyl (C=O) groups excluding carboxylic acids is 1. The van der Waals surface area contributed by atoms with Crippen molar-refractivity contribution in [1.82, 2.24) is 14.6 Å². The molecule has 0 unspecified atom stereocenters. The van der Waals surface area contributed by atoms with Gasteiger partial charge in [0.25, 0.3) is 5.91 Å². The van der Waals surface area contributed by atoms with Gasteiger partial charge in [-0.25, -0.2) is 0 Å². The predicted octanol–water partition coefficient (Wildman–Crippen LogP) is 1.47. The molecule has 0 saturated carbocycles. The molecular weight excluding hydrogens is 226 g/mol. The molecule has 6 nitrogen and oxygen atoms in total. The lowest BCUT2D eigenvalue weighted by molar-refractivity contribution is 0.102. The summed E-state index contributed by atoms with van der Waals surface area (Å²) >= 11 is 1.27. The summed E-state index contributed by atoms with van der Waals surface area (Å²) in [6, 6.07) is 0. The van der Waals surface area contributed by atoms with E-state index in [0.29, 0.717) is 11.3 Å². The second kappa shape index (κ2) is 4.31. The van der Waals surface area contributed by atoms with Crippen LogP contribution in [0.3, 0.4) is 0 Å². The van der Waals surface area contributed by atoms with Gasteiger partial charge < -0.3 is 10.6 Å². The first kappa shape index (κ1) is 10.6. The van der Waals surface area contributed by atoms with Crippen LogP contribution >= 0.6 is 11.5 Å². The molecule has 84 valence electrons. The molecule has 0 saturated heterocycles. The molecule has 2 aromatic rings. The number of rotatable bonds is 3. The van der Waals surface area contributed by atoms with E-state index in [0.717, 1.165) is 10.7 Å². The second-order valence-electron chi connectivity index (χ2n) is 3.16. The first-order chi connectivity index (χ1) is 7.72. The molecule has 0 fully saturated rings. The van der Waals surface area contributed by atoms with E-state index in [2.05, 4.69) is 25.2 Å². The smallest absolute Gasteiger partial charge is 0.260 e. The highest BCUT2D eigenvalue weighted by Gasteiger charge is 2.17. The largest absolute Gasteiger partial charge is 0.378 e. The lowest BCUT2D eigenvalue weighted by atomic mass is 10.2. The molecule has 0 aliphatic heterocycles. The van der Waals surface area contributed by atoms with Gasteiger partial charge >= 0.3 is 0 Å². The summed E-state index contributed by atoms with van der Waals surface area (Å²) in [4.78, 5) is 11.9. The molecule has 0 bridgehead atoms. The summed E-state index contributed by atoms with van der Waals surface area (Å²) in [5.74, 6) is -0.183. The Bertz CT molecular complexity index is 490. The zero-order valence-electron chi connectivity index (χ0n) is 8.87. The Balaban J connectivity index is 2.23. The minimum absolute atomic E-state index is 0.183. The fraction of sp³-hybridized carbons (Fsp3) is 0.222. The highest BCUT2D eigenvalue weighted by Crippen LogP contribution is 2.24. The number of aromatic nitrogens is 3. The van der Waals surface area contributed by atoms with Gasteiger partial charge in [0.05, 0.1) is 23.1 Å². The lowest BCUT2D eigenvalue weighted by Crippen LogP contribution is -2.13. The van der Waals surface area contributed by atoms with E-state index in [1.165, 1.54) is 11.5 Å². The van der Waals surface area contributed by atoms with Crippen molar-refractivity contribution in [2.75, 3.05) is 17.7 Å².